The highest BCUT2D eigenvalue weighted by Gasteiger charge is 2.12. The molecule has 2 aromatic rings. The summed E-state index contributed by atoms with van der Waals surface area (Å²) in [5, 5.41) is 0. The van der Waals surface area contributed by atoms with Crippen LogP contribution in [-0.4, -0.2) is 12.1 Å². The fourth-order valence-electron chi connectivity index (χ4n) is 1.99. The highest BCUT2D eigenvalue weighted by atomic mass is 19.1. The number of rotatable bonds is 5. The molecule has 0 amide bonds. The van der Waals surface area contributed by atoms with Gasteiger partial charge in [0.2, 0.25) is 5.88 Å². The van der Waals surface area contributed by atoms with E-state index in [1.807, 2.05) is 12.1 Å². The quantitative estimate of drug-likeness (QED) is 0.649. The standard InChI is InChI=1S/C15H18FN3O/c1-10-3-5-12(8-13(10)16)14(19-17)7-11-4-6-15(20-2)18-9-11/h3-6,8-9,14,19H,7,17H2,1-2H3. The number of halogens is 1. The second-order valence-electron chi connectivity index (χ2n) is 4.64. The number of nitrogens with one attached hydrogen (secondary N) is 1. The number of benzene rings is 1. The number of ether oxygens (including phenoxy) is 1. The lowest BCUT2D eigenvalue weighted by Crippen LogP contribution is -2.29. The summed E-state index contributed by atoms with van der Waals surface area (Å²) in [5.41, 5.74) is 5.14. The predicted molar refractivity (Wildman–Crippen MR) is 75.7 cm³/mol. The molecule has 1 unspecified atom stereocenters. The lowest BCUT2D eigenvalue weighted by atomic mass is 9.99. The van der Waals surface area contributed by atoms with Crippen LogP contribution in [0.3, 0.4) is 0 Å². The molecule has 0 fully saturated rings. The number of pyridine rings is 1. The fraction of sp³-hybridized carbons (Fsp3) is 0.267. The number of hydrogen-bond donors (Lipinski definition) is 2. The maximum Gasteiger partial charge on any atom is 0.212 e. The Hall–Kier alpha value is -1.98. The van der Waals surface area contributed by atoms with Crippen LogP contribution in [0.1, 0.15) is 22.7 Å². The van der Waals surface area contributed by atoms with Gasteiger partial charge < -0.3 is 4.74 Å². The van der Waals surface area contributed by atoms with Crippen LogP contribution in [0.4, 0.5) is 4.39 Å². The van der Waals surface area contributed by atoms with E-state index < -0.39 is 0 Å². The van der Waals surface area contributed by atoms with Gasteiger partial charge in [0.05, 0.1) is 13.2 Å². The SMILES string of the molecule is COc1ccc(CC(NN)c2ccc(C)c(F)c2)cn1. The van der Waals surface area contributed by atoms with E-state index >= 15 is 0 Å². The molecule has 20 heavy (non-hydrogen) atoms. The average molecular weight is 275 g/mol. The van der Waals surface area contributed by atoms with Crippen molar-refractivity contribution < 1.29 is 9.13 Å². The maximum absolute atomic E-state index is 13.6. The molecule has 1 aromatic heterocycles. The summed E-state index contributed by atoms with van der Waals surface area (Å²) in [4.78, 5) is 4.14. The van der Waals surface area contributed by atoms with Crippen molar-refractivity contribution in [3.05, 3.63) is 59.0 Å². The van der Waals surface area contributed by atoms with Crippen LogP contribution in [0.15, 0.2) is 36.5 Å². The Morgan fingerprint density at radius 3 is 2.70 bits per heavy atom. The molecule has 0 saturated carbocycles. The number of aromatic nitrogens is 1. The van der Waals surface area contributed by atoms with Gasteiger partial charge in [0, 0.05) is 12.3 Å². The van der Waals surface area contributed by atoms with Gasteiger partial charge in [-0.25, -0.2) is 9.37 Å². The molecule has 5 heteroatoms. The molecule has 0 spiro atoms. The van der Waals surface area contributed by atoms with E-state index in [1.165, 1.54) is 6.07 Å². The van der Waals surface area contributed by atoms with Crippen LogP contribution in [0, 0.1) is 12.7 Å². The van der Waals surface area contributed by atoms with Crippen molar-refractivity contribution in [2.75, 3.05) is 7.11 Å². The Morgan fingerprint density at radius 2 is 2.15 bits per heavy atom. The van der Waals surface area contributed by atoms with Gasteiger partial charge in [-0.1, -0.05) is 18.2 Å². The van der Waals surface area contributed by atoms with E-state index in [0.717, 1.165) is 11.1 Å². The van der Waals surface area contributed by atoms with Crippen LogP contribution < -0.4 is 16.0 Å². The summed E-state index contributed by atoms with van der Waals surface area (Å²) in [6.45, 7) is 1.73. The summed E-state index contributed by atoms with van der Waals surface area (Å²) in [7, 11) is 1.57. The van der Waals surface area contributed by atoms with Gasteiger partial charge in [-0.15, -0.1) is 0 Å². The number of hydrogen-bond acceptors (Lipinski definition) is 4. The fourth-order valence-corrected chi connectivity index (χ4v) is 1.99. The Morgan fingerprint density at radius 1 is 1.35 bits per heavy atom. The number of methoxy groups -OCH3 is 1. The first kappa shape index (κ1) is 14.4. The monoisotopic (exact) mass is 275 g/mol. The van der Waals surface area contributed by atoms with Gasteiger partial charge in [-0.3, -0.25) is 11.3 Å². The van der Waals surface area contributed by atoms with Gasteiger partial charge in [0.25, 0.3) is 0 Å². The summed E-state index contributed by atoms with van der Waals surface area (Å²) in [6.07, 6.45) is 2.35. The second kappa shape index (κ2) is 6.45. The van der Waals surface area contributed by atoms with Gasteiger partial charge in [0.15, 0.2) is 0 Å². The molecule has 0 aliphatic rings. The Kier molecular flexibility index (Phi) is 4.65. The lowest BCUT2D eigenvalue weighted by Gasteiger charge is -2.17. The van der Waals surface area contributed by atoms with Crippen molar-refractivity contribution in [2.45, 2.75) is 19.4 Å². The molecule has 0 aliphatic carbocycles. The first-order valence-corrected chi connectivity index (χ1v) is 6.35. The van der Waals surface area contributed by atoms with E-state index in [9.17, 15) is 4.39 Å². The van der Waals surface area contributed by atoms with E-state index in [-0.39, 0.29) is 11.9 Å². The third kappa shape index (κ3) is 3.31. The van der Waals surface area contributed by atoms with E-state index in [4.69, 9.17) is 10.6 Å². The number of aryl methyl sites for hydroxylation is 1. The van der Waals surface area contributed by atoms with Crippen LogP contribution in [-0.2, 0) is 6.42 Å². The molecular weight excluding hydrogens is 257 g/mol. The zero-order chi connectivity index (χ0) is 14.5. The lowest BCUT2D eigenvalue weighted by molar-refractivity contribution is 0.397. The van der Waals surface area contributed by atoms with Crippen LogP contribution in [0.5, 0.6) is 5.88 Å². The van der Waals surface area contributed by atoms with Crippen molar-refractivity contribution in [1.82, 2.24) is 10.4 Å². The molecule has 106 valence electrons. The zero-order valence-corrected chi connectivity index (χ0v) is 11.6. The van der Waals surface area contributed by atoms with Crippen LogP contribution in [0.2, 0.25) is 0 Å². The molecular formula is C15H18FN3O. The largest absolute Gasteiger partial charge is 0.481 e. The minimum absolute atomic E-state index is 0.166. The maximum atomic E-state index is 13.6. The summed E-state index contributed by atoms with van der Waals surface area (Å²) < 4.78 is 18.6. The van der Waals surface area contributed by atoms with Gasteiger partial charge in [-0.2, -0.15) is 0 Å². The topological polar surface area (TPSA) is 60.2 Å². The first-order chi connectivity index (χ1) is 9.63. The van der Waals surface area contributed by atoms with Crippen molar-refractivity contribution in [1.29, 1.82) is 0 Å². The second-order valence-corrected chi connectivity index (χ2v) is 4.64. The summed E-state index contributed by atoms with van der Waals surface area (Å²) in [6, 6.07) is 8.68. The number of hydrazine groups is 1. The van der Waals surface area contributed by atoms with Crippen LogP contribution in [0.25, 0.3) is 0 Å². The molecule has 0 bridgehead atoms. The molecule has 3 N–H and O–H groups in total. The molecule has 1 atom stereocenters. The molecule has 1 aromatic carbocycles. The number of nitrogens with two attached hydrogens (primary N) is 1. The average Bonchev–Trinajstić information content (AvgIpc) is 2.48. The predicted octanol–water partition coefficient (Wildman–Crippen LogP) is 2.28. The molecule has 2 rings (SSSR count). The van der Waals surface area contributed by atoms with E-state index in [1.54, 1.807) is 32.4 Å². The van der Waals surface area contributed by atoms with Crippen LogP contribution >= 0.6 is 0 Å². The zero-order valence-electron chi connectivity index (χ0n) is 11.6. The summed E-state index contributed by atoms with van der Waals surface area (Å²) in [5.74, 6) is 5.92. The third-order valence-electron chi connectivity index (χ3n) is 3.25. The molecule has 0 aliphatic heterocycles. The highest BCUT2D eigenvalue weighted by molar-refractivity contribution is 5.28. The van der Waals surface area contributed by atoms with Gasteiger partial charge in [-0.05, 0) is 36.1 Å². The first-order valence-electron chi connectivity index (χ1n) is 6.35. The summed E-state index contributed by atoms with van der Waals surface area (Å²) >= 11 is 0. The minimum atomic E-state index is -0.226. The smallest absolute Gasteiger partial charge is 0.212 e. The van der Waals surface area contributed by atoms with Crippen molar-refractivity contribution in [3.8, 4) is 5.88 Å². The molecule has 0 radical (unpaired) electrons. The third-order valence-corrected chi connectivity index (χ3v) is 3.25. The van der Waals surface area contributed by atoms with Gasteiger partial charge >= 0.3 is 0 Å². The number of nitrogens with zero attached hydrogens (tertiary/aromatic N) is 1. The van der Waals surface area contributed by atoms with E-state index in [0.29, 0.717) is 17.9 Å². The molecule has 1 heterocycles. The van der Waals surface area contributed by atoms with Crippen molar-refractivity contribution in [3.63, 3.8) is 0 Å². The van der Waals surface area contributed by atoms with Crippen molar-refractivity contribution >= 4 is 0 Å². The molecule has 0 saturated heterocycles. The normalized spacial score (nSPS) is 12.2. The Bertz CT molecular complexity index is 572. The Balaban J connectivity index is 2.16. The van der Waals surface area contributed by atoms with Crippen molar-refractivity contribution in [2.24, 2.45) is 5.84 Å². The Labute approximate surface area is 117 Å². The minimum Gasteiger partial charge on any atom is -0.481 e. The highest BCUT2D eigenvalue weighted by Crippen LogP contribution is 2.20. The van der Waals surface area contributed by atoms with Gasteiger partial charge in [0.1, 0.15) is 5.82 Å². The van der Waals surface area contributed by atoms with E-state index in [2.05, 4.69) is 10.4 Å². The molecule has 4 nitrogen and oxygen atoms in total.